The van der Waals surface area contributed by atoms with Crippen LogP contribution in [0.5, 0.6) is 11.5 Å². The molecule has 1 aromatic carbocycles. The van der Waals surface area contributed by atoms with Gasteiger partial charge in [-0.05, 0) is 43.6 Å². The van der Waals surface area contributed by atoms with Crippen LogP contribution in [0.15, 0.2) is 18.2 Å². The van der Waals surface area contributed by atoms with Gasteiger partial charge in [-0.25, -0.2) is 0 Å². The van der Waals surface area contributed by atoms with Gasteiger partial charge >= 0.3 is 0 Å². The van der Waals surface area contributed by atoms with Crippen molar-refractivity contribution in [3.05, 3.63) is 23.8 Å². The average Bonchev–Trinajstić information content (AvgIpc) is 2.90. The number of ether oxygens (including phenoxy) is 2. The van der Waals surface area contributed by atoms with Crippen molar-refractivity contribution in [2.24, 2.45) is 0 Å². The standard InChI is InChI=1S/C14H21NO3/c1-17-13-6-5-11(9-14(13)18-2)12(16)10-15-7-3-4-8-15/h5-6,9,12,16H,3-4,7-8,10H2,1-2H3. The molecule has 0 amide bonds. The minimum absolute atomic E-state index is 0.470. The summed E-state index contributed by atoms with van der Waals surface area (Å²) < 4.78 is 10.4. The number of rotatable bonds is 5. The molecular formula is C14H21NO3. The van der Waals surface area contributed by atoms with E-state index in [2.05, 4.69) is 4.90 Å². The second kappa shape index (κ2) is 6.07. The van der Waals surface area contributed by atoms with Crippen LogP contribution in [0.2, 0.25) is 0 Å². The molecule has 1 N–H and O–H groups in total. The van der Waals surface area contributed by atoms with Crippen molar-refractivity contribution in [2.75, 3.05) is 33.9 Å². The van der Waals surface area contributed by atoms with E-state index >= 15 is 0 Å². The van der Waals surface area contributed by atoms with E-state index in [0.29, 0.717) is 18.0 Å². The van der Waals surface area contributed by atoms with Crippen molar-refractivity contribution in [2.45, 2.75) is 18.9 Å². The van der Waals surface area contributed by atoms with Crippen LogP contribution in [-0.2, 0) is 0 Å². The fourth-order valence-corrected chi connectivity index (χ4v) is 2.38. The van der Waals surface area contributed by atoms with E-state index in [1.54, 1.807) is 14.2 Å². The third-order valence-corrected chi connectivity index (χ3v) is 3.42. The van der Waals surface area contributed by atoms with Gasteiger partial charge in [0.15, 0.2) is 11.5 Å². The number of hydrogen-bond acceptors (Lipinski definition) is 4. The summed E-state index contributed by atoms with van der Waals surface area (Å²) in [5.41, 5.74) is 0.875. The monoisotopic (exact) mass is 251 g/mol. The van der Waals surface area contributed by atoms with Crippen LogP contribution in [0.1, 0.15) is 24.5 Å². The number of β-amino-alcohol motifs (C(OH)–C–C–N with tert-alkyl or cyclic N) is 1. The third-order valence-electron chi connectivity index (χ3n) is 3.42. The maximum atomic E-state index is 10.2. The molecule has 1 heterocycles. The highest BCUT2D eigenvalue weighted by Crippen LogP contribution is 2.30. The maximum Gasteiger partial charge on any atom is 0.161 e. The van der Waals surface area contributed by atoms with Gasteiger partial charge in [-0.1, -0.05) is 6.07 Å². The van der Waals surface area contributed by atoms with E-state index in [0.717, 1.165) is 18.7 Å². The largest absolute Gasteiger partial charge is 0.493 e. The summed E-state index contributed by atoms with van der Waals surface area (Å²) in [7, 11) is 3.21. The molecule has 0 aromatic heterocycles. The van der Waals surface area contributed by atoms with Crippen molar-refractivity contribution in [1.29, 1.82) is 0 Å². The molecule has 1 aliphatic heterocycles. The first-order chi connectivity index (χ1) is 8.74. The summed E-state index contributed by atoms with van der Waals surface area (Å²) in [6, 6.07) is 5.57. The lowest BCUT2D eigenvalue weighted by Gasteiger charge is -2.20. The fraction of sp³-hybridized carbons (Fsp3) is 0.571. The smallest absolute Gasteiger partial charge is 0.161 e. The first kappa shape index (κ1) is 13.2. The van der Waals surface area contributed by atoms with Gasteiger partial charge in [0.25, 0.3) is 0 Å². The van der Waals surface area contributed by atoms with Crippen molar-refractivity contribution < 1.29 is 14.6 Å². The Morgan fingerprint density at radius 3 is 2.44 bits per heavy atom. The Balaban J connectivity index is 2.06. The van der Waals surface area contributed by atoms with Gasteiger partial charge in [-0.15, -0.1) is 0 Å². The molecule has 18 heavy (non-hydrogen) atoms. The van der Waals surface area contributed by atoms with Gasteiger partial charge in [-0.2, -0.15) is 0 Å². The molecule has 4 nitrogen and oxygen atoms in total. The number of hydrogen-bond donors (Lipinski definition) is 1. The van der Waals surface area contributed by atoms with E-state index in [9.17, 15) is 5.11 Å². The average molecular weight is 251 g/mol. The molecule has 2 rings (SSSR count). The Kier molecular flexibility index (Phi) is 4.44. The molecule has 100 valence electrons. The quantitative estimate of drug-likeness (QED) is 0.867. The molecule has 1 aromatic rings. The molecule has 0 saturated carbocycles. The second-order valence-electron chi connectivity index (χ2n) is 4.64. The number of aliphatic hydroxyl groups excluding tert-OH is 1. The van der Waals surface area contributed by atoms with E-state index in [1.165, 1.54) is 12.8 Å². The number of likely N-dealkylation sites (tertiary alicyclic amines) is 1. The topological polar surface area (TPSA) is 41.9 Å². The van der Waals surface area contributed by atoms with Crippen LogP contribution in [0.4, 0.5) is 0 Å². The van der Waals surface area contributed by atoms with Gasteiger partial charge < -0.3 is 19.5 Å². The van der Waals surface area contributed by atoms with E-state index in [-0.39, 0.29) is 0 Å². The van der Waals surface area contributed by atoms with Crippen LogP contribution in [0.25, 0.3) is 0 Å². The Labute approximate surface area is 108 Å². The van der Waals surface area contributed by atoms with E-state index in [1.807, 2.05) is 18.2 Å². The number of aliphatic hydroxyl groups is 1. The summed E-state index contributed by atoms with van der Waals surface area (Å²) in [6.45, 7) is 2.87. The van der Waals surface area contributed by atoms with Crippen LogP contribution >= 0.6 is 0 Å². The Morgan fingerprint density at radius 1 is 1.17 bits per heavy atom. The zero-order valence-electron chi connectivity index (χ0n) is 11.1. The second-order valence-corrected chi connectivity index (χ2v) is 4.64. The van der Waals surface area contributed by atoms with Crippen LogP contribution in [-0.4, -0.2) is 43.9 Å². The Morgan fingerprint density at radius 2 is 1.83 bits per heavy atom. The van der Waals surface area contributed by atoms with Gasteiger partial charge in [-0.3, -0.25) is 0 Å². The molecule has 1 fully saturated rings. The molecule has 0 spiro atoms. The molecule has 1 unspecified atom stereocenters. The van der Waals surface area contributed by atoms with Gasteiger partial charge in [0.1, 0.15) is 0 Å². The molecule has 0 bridgehead atoms. The summed E-state index contributed by atoms with van der Waals surface area (Å²) in [5, 5.41) is 10.2. The Bertz CT molecular complexity index is 389. The van der Waals surface area contributed by atoms with Crippen LogP contribution in [0, 0.1) is 0 Å². The van der Waals surface area contributed by atoms with Gasteiger partial charge in [0.2, 0.25) is 0 Å². The lowest BCUT2D eigenvalue weighted by molar-refractivity contribution is 0.126. The van der Waals surface area contributed by atoms with Crippen LogP contribution < -0.4 is 9.47 Å². The number of methoxy groups -OCH3 is 2. The van der Waals surface area contributed by atoms with Gasteiger partial charge in [0.05, 0.1) is 20.3 Å². The van der Waals surface area contributed by atoms with Crippen molar-refractivity contribution in [3.63, 3.8) is 0 Å². The van der Waals surface area contributed by atoms with Crippen LogP contribution in [0.3, 0.4) is 0 Å². The fourth-order valence-electron chi connectivity index (χ4n) is 2.38. The molecule has 0 aliphatic carbocycles. The first-order valence-corrected chi connectivity index (χ1v) is 6.37. The third kappa shape index (κ3) is 2.94. The van der Waals surface area contributed by atoms with E-state index in [4.69, 9.17) is 9.47 Å². The summed E-state index contributed by atoms with van der Waals surface area (Å²) in [5.74, 6) is 1.35. The molecule has 1 aliphatic rings. The zero-order valence-corrected chi connectivity index (χ0v) is 11.1. The number of nitrogens with zero attached hydrogens (tertiary/aromatic N) is 1. The highest BCUT2D eigenvalue weighted by Gasteiger charge is 2.18. The minimum Gasteiger partial charge on any atom is -0.493 e. The predicted octanol–water partition coefficient (Wildman–Crippen LogP) is 1.83. The lowest BCUT2D eigenvalue weighted by Crippen LogP contribution is -2.25. The molecule has 1 atom stereocenters. The molecule has 4 heteroatoms. The molecular weight excluding hydrogens is 230 g/mol. The molecule has 0 radical (unpaired) electrons. The highest BCUT2D eigenvalue weighted by atomic mass is 16.5. The summed E-state index contributed by atoms with van der Waals surface area (Å²) in [6.07, 6.45) is 2.00. The minimum atomic E-state index is -0.470. The number of benzene rings is 1. The van der Waals surface area contributed by atoms with Crippen molar-refractivity contribution in [3.8, 4) is 11.5 Å². The van der Waals surface area contributed by atoms with Crippen molar-refractivity contribution in [1.82, 2.24) is 4.90 Å². The summed E-state index contributed by atoms with van der Waals surface area (Å²) in [4.78, 5) is 2.29. The molecule has 1 saturated heterocycles. The zero-order chi connectivity index (χ0) is 13.0. The van der Waals surface area contributed by atoms with Gasteiger partial charge in [0, 0.05) is 6.54 Å². The van der Waals surface area contributed by atoms with E-state index < -0.39 is 6.10 Å². The normalized spacial score (nSPS) is 17.7. The SMILES string of the molecule is COc1ccc(C(O)CN2CCCC2)cc1OC. The van der Waals surface area contributed by atoms with Crippen molar-refractivity contribution >= 4 is 0 Å². The Hall–Kier alpha value is -1.26. The lowest BCUT2D eigenvalue weighted by atomic mass is 10.1. The predicted molar refractivity (Wildman–Crippen MR) is 70.2 cm³/mol. The summed E-state index contributed by atoms with van der Waals surface area (Å²) >= 11 is 0. The first-order valence-electron chi connectivity index (χ1n) is 6.37. The maximum absolute atomic E-state index is 10.2. The highest BCUT2D eigenvalue weighted by molar-refractivity contribution is 5.43.